The Morgan fingerprint density at radius 3 is 2.64 bits per heavy atom. The van der Waals surface area contributed by atoms with Crippen molar-refractivity contribution >= 4 is 5.91 Å². The van der Waals surface area contributed by atoms with Crippen LogP contribution in [0, 0.1) is 5.92 Å². The summed E-state index contributed by atoms with van der Waals surface area (Å²) in [6.45, 7) is 4.06. The van der Waals surface area contributed by atoms with Crippen LogP contribution in [-0.2, 0) is 4.79 Å². The quantitative estimate of drug-likeness (QED) is 0.664. The van der Waals surface area contributed by atoms with E-state index in [9.17, 15) is 4.79 Å². The molecule has 1 aliphatic rings. The van der Waals surface area contributed by atoms with E-state index in [4.69, 9.17) is 5.73 Å². The Morgan fingerprint density at radius 2 is 2.14 bits per heavy atom. The molecule has 2 atom stereocenters. The lowest BCUT2D eigenvalue weighted by atomic mass is 9.99. The van der Waals surface area contributed by atoms with Crippen molar-refractivity contribution in [2.24, 2.45) is 11.7 Å². The van der Waals surface area contributed by atoms with Gasteiger partial charge in [-0.15, -0.1) is 0 Å². The molecule has 0 saturated heterocycles. The highest BCUT2D eigenvalue weighted by atomic mass is 16.2. The van der Waals surface area contributed by atoms with Gasteiger partial charge in [0.25, 0.3) is 0 Å². The maximum atomic E-state index is 11.6. The molecule has 0 bridgehead atoms. The molecule has 1 amide bonds. The average Bonchev–Trinajstić information content (AvgIpc) is 2.68. The summed E-state index contributed by atoms with van der Waals surface area (Å²) >= 11 is 0. The van der Waals surface area contributed by atoms with Gasteiger partial charge in [-0.05, 0) is 18.8 Å². The standard InChI is InChI=1S/C11H20N2O/c1-3-8(2)10(12)11(14)13-9-6-4-5-7-9/h4-5,8-10H,3,6-7,12H2,1-2H3,(H,13,14). The van der Waals surface area contributed by atoms with Crippen LogP contribution in [0.4, 0.5) is 0 Å². The van der Waals surface area contributed by atoms with Gasteiger partial charge in [0.1, 0.15) is 0 Å². The number of amides is 1. The number of rotatable bonds is 4. The minimum absolute atomic E-state index is 0.00644. The lowest BCUT2D eigenvalue weighted by molar-refractivity contribution is -0.124. The first kappa shape index (κ1) is 11.2. The summed E-state index contributed by atoms with van der Waals surface area (Å²) in [4.78, 5) is 11.6. The van der Waals surface area contributed by atoms with Crippen LogP contribution in [0.5, 0.6) is 0 Å². The molecule has 0 aromatic rings. The first-order chi connectivity index (χ1) is 6.65. The van der Waals surface area contributed by atoms with Gasteiger partial charge in [-0.2, -0.15) is 0 Å². The van der Waals surface area contributed by atoms with Crippen LogP contribution >= 0.6 is 0 Å². The number of nitrogens with one attached hydrogen (secondary N) is 1. The molecule has 80 valence electrons. The van der Waals surface area contributed by atoms with Gasteiger partial charge in [0.15, 0.2) is 0 Å². The first-order valence-electron chi connectivity index (χ1n) is 5.36. The number of hydrogen-bond donors (Lipinski definition) is 2. The SMILES string of the molecule is CCC(C)C(N)C(=O)NC1CC=CC1. The Balaban J connectivity index is 2.33. The molecule has 0 fully saturated rings. The van der Waals surface area contributed by atoms with Gasteiger partial charge in [-0.25, -0.2) is 0 Å². The predicted octanol–water partition coefficient (Wildman–Crippen LogP) is 1.19. The van der Waals surface area contributed by atoms with E-state index in [-0.39, 0.29) is 23.9 Å². The van der Waals surface area contributed by atoms with Gasteiger partial charge in [0.05, 0.1) is 6.04 Å². The smallest absolute Gasteiger partial charge is 0.237 e. The van der Waals surface area contributed by atoms with Crippen LogP contribution in [0.25, 0.3) is 0 Å². The summed E-state index contributed by atoms with van der Waals surface area (Å²) in [5.41, 5.74) is 5.82. The fraction of sp³-hybridized carbons (Fsp3) is 0.727. The second-order valence-electron chi connectivity index (χ2n) is 4.06. The number of carbonyl (C=O) groups is 1. The fourth-order valence-corrected chi connectivity index (χ4v) is 1.54. The molecule has 3 nitrogen and oxygen atoms in total. The van der Waals surface area contributed by atoms with Gasteiger partial charge in [-0.3, -0.25) is 4.79 Å². The molecule has 0 aliphatic heterocycles. The Morgan fingerprint density at radius 1 is 1.57 bits per heavy atom. The molecule has 0 spiro atoms. The summed E-state index contributed by atoms with van der Waals surface area (Å²) in [6.07, 6.45) is 7.02. The Bertz CT molecular complexity index is 217. The van der Waals surface area contributed by atoms with E-state index >= 15 is 0 Å². The highest BCUT2D eigenvalue weighted by Gasteiger charge is 2.22. The van der Waals surface area contributed by atoms with Crippen molar-refractivity contribution in [2.75, 3.05) is 0 Å². The molecular formula is C11H20N2O. The normalized spacial score (nSPS) is 20.8. The summed E-state index contributed by atoms with van der Waals surface area (Å²) < 4.78 is 0. The zero-order chi connectivity index (χ0) is 10.6. The summed E-state index contributed by atoms with van der Waals surface area (Å²) in [5, 5.41) is 2.97. The molecule has 2 unspecified atom stereocenters. The molecule has 0 aromatic carbocycles. The lowest BCUT2D eigenvalue weighted by Crippen LogP contribution is -2.47. The van der Waals surface area contributed by atoms with Crippen LogP contribution in [-0.4, -0.2) is 18.0 Å². The zero-order valence-corrected chi connectivity index (χ0v) is 8.99. The Hall–Kier alpha value is -0.830. The molecule has 1 aliphatic carbocycles. The average molecular weight is 196 g/mol. The third-order valence-corrected chi connectivity index (χ3v) is 2.91. The molecule has 0 radical (unpaired) electrons. The van der Waals surface area contributed by atoms with Crippen LogP contribution in [0.15, 0.2) is 12.2 Å². The molecule has 14 heavy (non-hydrogen) atoms. The van der Waals surface area contributed by atoms with E-state index in [0.717, 1.165) is 19.3 Å². The van der Waals surface area contributed by atoms with E-state index in [1.54, 1.807) is 0 Å². The van der Waals surface area contributed by atoms with Crippen molar-refractivity contribution < 1.29 is 4.79 Å². The third kappa shape index (κ3) is 2.84. The largest absolute Gasteiger partial charge is 0.351 e. The second-order valence-corrected chi connectivity index (χ2v) is 4.06. The van der Waals surface area contributed by atoms with Crippen molar-refractivity contribution in [1.29, 1.82) is 0 Å². The molecule has 3 N–H and O–H groups in total. The highest BCUT2D eigenvalue weighted by molar-refractivity contribution is 5.82. The van der Waals surface area contributed by atoms with Crippen molar-refractivity contribution in [2.45, 2.75) is 45.2 Å². The van der Waals surface area contributed by atoms with E-state index in [2.05, 4.69) is 24.4 Å². The Labute approximate surface area is 85.7 Å². The number of hydrogen-bond acceptors (Lipinski definition) is 2. The van der Waals surface area contributed by atoms with Gasteiger partial charge < -0.3 is 11.1 Å². The zero-order valence-electron chi connectivity index (χ0n) is 8.99. The van der Waals surface area contributed by atoms with Crippen LogP contribution in [0.1, 0.15) is 33.1 Å². The van der Waals surface area contributed by atoms with Crippen LogP contribution in [0.3, 0.4) is 0 Å². The van der Waals surface area contributed by atoms with Gasteiger partial charge in [0.2, 0.25) is 5.91 Å². The molecule has 3 heteroatoms. The summed E-state index contributed by atoms with van der Waals surface area (Å²) in [6, 6.07) is -0.0850. The van der Waals surface area contributed by atoms with Gasteiger partial charge >= 0.3 is 0 Å². The summed E-state index contributed by atoms with van der Waals surface area (Å²) in [7, 11) is 0. The minimum Gasteiger partial charge on any atom is -0.351 e. The third-order valence-electron chi connectivity index (χ3n) is 2.91. The molecular weight excluding hydrogens is 176 g/mol. The van der Waals surface area contributed by atoms with Crippen LogP contribution < -0.4 is 11.1 Å². The maximum absolute atomic E-state index is 11.6. The molecule has 1 rings (SSSR count). The van der Waals surface area contributed by atoms with Crippen molar-refractivity contribution in [1.82, 2.24) is 5.32 Å². The van der Waals surface area contributed by atoms with E-state index in [1.165, 1.54) is 0 Å². The Kier molecular flexibility index (Phi) is 4.14. The van der Waals surface area contributed by atoms with Crippen molar-refractivity contribution in [3.63, 3.8) is 0 Å². The van der Waals surface area contributed by atoms with E-state index in [1.807, 2.05) is 6.92 Å². The van der Waals surface area contributed by atoms with E-state index in [0.29, 0.717) is 0 Å². The van der Waals surface area contributed by atoms with Crippen molar-refractivity contribution in [3.05, 3.63) is 12.2 Å². The van der Waals surface area contributed by atoms with Gasteiger partial charge in [-0.1, -0.05) is 32.4 Å². The maximum Gasteiger partial charge on any atom is 0.237 e. The second kappa shape index (κ2) is 5.15. The monoisotopic (exact) mass is 196 g/mol. The molecule has 0 aromatic heterocycles. The number of carbonyl (C=O) groups excluding carboxylic acids is 1. The molecule has 0 heterocycles. The van der Waals surface area contributed by atoms with Crippen molar-refractivity contribution in [3.8, 4) is 0 Å². The lowest BCUT2D eigenvalue weighted by Gasteiger charge is -2.20. The molecule has 0 saturated carbocycles. The summed E-state index contributed by atoms with van der Waals surface area (Å²) in [5.74, 6) is 0.248. The fourth-order valence-electron chi connectivity index (χ4n) is 1.54. The highest BCUT2D eigenvalue weighted by Crippen LogP contribution is 2.11. The first-order valence-corrected chi connectivity index (χ1v) is 5.36. The van der Waals surface area contributed by atoms with Crippen LogP contribution in [0.2, 0.25) is 0 Å². The minimum atomic E-state index is -0.361. The predicted molar refractivity (Wildman–Crippen MR) is 57.7 cm³/mol. The van der Waals surface area contributed by atoms with Gasteiger partial charge in [0, 0.05) is 6.04 Å². The topological polar surface area (TPSA) is 55.1 Å². The van der Waals surface area contributed by atoms with E-state index < -0.39 is 0 Å². The number of nitrogens with two attached hydrogens (primary N) is 1.